The molecule has 0 aliphatic rings. The highest BCUT2D eigenvalue weighted by Gasteiger charge is 1.86. The average Bonchev–Trinajstić information content (AvgIpc) is 2.19. The first-order valence-electron chi connectivity index (χ1n) is 3.74. The fourth-order valence-electron chi connectivity index (χ4n) is 0.674. The van der Waals surface area contributed by atoms with Crippen molar-refractivity contribution >= 4 is 23.5 Å². The number of thiocarbonyl (C=S) groups is 1. The molecule has 2 N–H and O–H groups in total. The molecule has 1 rings (SSSR count). The van der Waals surface area contributed by atoms with E-state index >= 15 is 0 Å². The zero-order valence-corrected chi connectivity index (χ0v) is 8.01. The standard InChI is InChI=1S/C8H10N4S/c1-9-8(13)12-11-6-7-3-2-4-10-5-7/h2-6H,1H3,(H2,9,12,13)/b11-6-. The Bertz CT molecular complexity index is 296. The molecule has 0 fully saturated rings. The smallest absolute Gasteiger partial charge is 0.186 e. The van der Waals surface area contributed by atoms with Crippen molar-refractivity contribution in [2.75, 3.05) is 7.05 Å². The third-order valence-electron chi connectivity index (χ3n) is 1.29. The summed E-state index contributed by atoms with van der Waals surface area (Å²) in [4.78, 5) is 3.94. The van der Waals surface area contributed by atoms with E-state index in [-0.39, 0.29) is 0 Å². The Balaban J connectivity index is 2.45. The normalized spacial score (nSPS) is 9.92. The molecule has 1 heterocycles. The minimum atomic E-state index is 0.486. The van der Waals surface area contributed by atoms with Crippen LogP contribution >= 0.6 is 12.2 Å². The van der Waals surface area contributed by atoms with E-state index in [1.165, 1.54) is 0 Å². The summed E-state index contributed by atoms with van der Waals surface area (Å²) in [5.41, 5.74) is 3.57. The molecule has 5 heteroatoms. The average molecular weight is 194 g/mol. The number of nitrogens with zero attached hydrogens (tertiary/aromatic N) is 2. The lowest BCUT2D eigenvalue weighted by Gasteiger charge is -1.98. The summed E-state index contributed by atoms with van der Waals surface area (Å²) in [5, 5.41) is 7.12. The van der Waals surface area contributed by atoms with Gasteiger partial charge in [0.15, 0.2) is 5.11 Å². The lowest BCUT2D eigenvalue weighted by molar-refractivity contribution is 0.982. The first-order chi connectivity index (χ1) is 6.33. The van der Waals surface area contributed by atoms with Crippen LogP contribution in [-0.2, 0) is 0 Å². The summed E-state index contributed by atoms with van der Waals surface area (Å²) < 4.78 is 0. The molecule has 0 amide bonds. The maximum Gasteiger partial charge on any atom is 0.186 e. The van der Waals surface area contributed by atoms with Gasteiger partial charge in [0.2, 0.25) is 0 Å². The van der Waals surface area contributed by atoms with Crippen LogP contribution in [0.4, 0.5) is 0 Å². The van der Waals surface area contributed by atoms with Gasteiger partial charge < -0.3 is 5.32 Å². The molecule has 0 saturated heterocycles. The molecule has 0 unspecified atom stereocenters. The van der Waals surface area contributed by atoms with Gasteiger partial charge in [-0.3, -0.25) is 10.4 Å². The summed E-state index contributed by atoms with van der Waals surface area (Å²) >= 11 is 4.82. The topological polar surface area (TPSA) is 49.3 Å². The Kier molecular flexibility index (Phi) is 3.84. The van der Waals surface area contributed by atoms with Gasteiger partial charge in [-0.1, -0.05) is 6.07 Å². The van der Waals surface area contributed by atoms with E-state index in [0.29, 0.717) is 5.11 Å². The Morgan fingerprint density at radius 2 is 2.54 bits per heavy atom. The third-order valence-corrected chi connectivity index (χ3v) is 1.59. The summed E-state index contributed by atoms with van der Waals surface area (Å²) in [7, 11) is 1.73. The quantitative estimate of drug-likeness (QED) is 0.409. The van der Waals surface area contributed by atoms with Crippen LogP contribution < -0.4 is 10.7 Å². The Morgan fingerprint density at radius 3 is 3.15 bits per heavy atom. The molecule has 0 radical (unpaired) electrons. The van der Waals surface area contributed by atoms with E-state index in [4.69, 9.17) is 12.2 Å². The van der Waals surface area contributed by atoms with Crippen molar-refractivity contribution in [3.8, 4) is 0 Å². The second kappa shape index (κ2) is 5.21. The number of hydrogen-bond acceptors (Lipinski definition) is 3. The van der Waals surface area contributed by atoms with Crippen LogP contribution in [0, 0.1) is 0 Å². The van der Waals surface area contributed by atoms with Crippen LogP contribution in [0.25, 0.3) is 0 Å². The number of hydrogen-bond donors (Lipinski definition) is 2. The van der Waals surface area contributed by atoms with Crippen LogP contribution in [-0.4, -0.2) is 23.4 Å². The fourth-order valence-corrected chi connectivity index (χ4v) is 0.726. The molecule has 1 aromatic rings. The minimum Gasteiger partial charge on any atom is -0.364 e. The van der Waals surface area contributed by atoms with Crippen LogP contribution in [0.5, 0.6) is 0 Å². The number of pyridine rings is 1. The second-order valence-electron chi connectivity index (χ2n) is 2.24. The van der Waals surface area contributed by atoms with E-state index in [9.17, 15) is 0 Å². The van der Waals surface area contributed by atoms with Gasteiger partial charge >= 0.3 is 0 Å². The van der Waals surface area contributed by atoms with Crippen molar-refractivity contribution < 1.29 is 0 Å². The minimum absolute atomic E-state index is 0.486. The van der Waals surface area contributed by atoms with E-state index in [2.05, 4.69) is 20.8 Å². The Morgan fingerprint density at radius 1 is 1.69 bits per heavy atom. The van der Waals surface area contributed by atoms with Gasteiger partial charge in [-0.25, -0.2) is 0 Å². The van der Waals surface area contributed by atoms with E-state index in [0.717, 1.165) is 5.56 Å². The summed E-state index contributed by atoms with van der Waals surface area (Å²) in [6.07, 6.45) is 5.08. The number of hydrazone groups is 1. The Labute approximate surface area is 82.1 Å². The summed E-state index contributed by atoms with van der Waals surface area (Å²) in [6.45, 7) is 0. The monoisotopic (exact) mass is 194 g/mol. The van der Waals surface area contributed by atoms with Gasteiger partial charge in [0.1, 0.15) is 0 Å². The number of rotatable bonds is 2. The van der Waals surface area contributed by atoms with Gasteiger partial charge in [0.25, 0.3) is 0 Å². The van der Waals surface area contributed by atoms with Gasteiger partial charge in [0.05, 0.1) is 6.21 Å². The molecule has 0 atom stereocenters. The predicted molar refractivity (Wildman–Crippen MR) is 56.6 cm³/mol. The fraction of sp³-hybridized carbons (Fsp3) is 0.125. The van der Waals surface area contributed by atoms with Crippen LogP contribution in [0.1, 0.15) is 5.56 Å². The lowest BCUT2D eigenvalue weighted by atomic mass is 10.3. The summed E-state index contributed by atoms with van der Waals surface area (Å²) in [5.74, 6) is 0. The number of nitrogens with one attached hydrogen (secondary N) is 2. The van der Waals surface area contributed by atoms with Crippen LogP contribution in [0.15, 0.2) is 29.6 Å². The molecule has 1 aromatic heterocycles. The van der Waals surface area contributed by atoms with E-state index < -0.39 is 0 Å². The molecule has 13 heavy (non-hydrogen) atoms. The van der Waals surface area contributed by atoms with Crippen molar-refractivity contribution in [1.29, 1.82) is 0 Å². The zero-order chi connectivity index (χ0) is 9.52. The predicted octanol–water partition coefficient (Wildman–Crippen LogP) is 0.509. The molecule has 0 aromatic carbocycles. The molecule has 4 nitrogen and oxygen atoms in total. The van der Waals surface area contributed by atoms with Gasteiger partial charge in [-0.05, 0) is 18.3 Å². The number of aromatic nitrogens is 1. The lowest BCUT2D eigenvalue weighted by Crippen LogP contribution is -2.28. The van der Waals surface area contributed by atoms with E-state index in [1.54, 1.807) is 25.7 Å². The maximum atomic E-state index is 4.82. The third kappa shape index (κ3) is 3.62. The van der Waals surface area contributed by atoms with Crippen molar-refractivity contribution in [3.05, 3.63) is 30.1 Å². The molecule has 0 saturated carbocycles. The van der Waals surface area contributed by atoms with Crippen LogP contribution in [0.3, 0.4) is 0 Å². The molecular formula is C8H10N4S. The molecule has 0 aliphatic carbocycles. The van der Waals surface area contributed by atoms with E-state index in [1.807, 2.05) is 12.1 Å². The maximum absolute atomic E-state index is 4.82. The van der Waals surface area contributed by atoms with Crippen LogP contribution in [0.2, 0.25) is 0 Å². The first kappa shape index (κ1) is 9.60. The zero-order valence-electron chi connectivity index (χ0n) is 7.19. The molecule has 0 aliphatic heterocycles. The Hall–Kier alpha value is -1.49. The molecule has 68 valence electrons. The van der Waals surface area contributed by atoms with Gasteiger partial charge in [-0.2, -0.15) is 5.10 Å². The van der Waals surface area contributed by atoms with Crippen molar-refractivity contribution in [1.82, 2.24) is 15.7 Å². The molecule has 0 bridgehead atoms. The largest absolute Gasteiger partial charge is 0.364 e. The van der Waals surface area contributed by atoms with Gasteiger partial charge in [0, 0.05) is 25.0 Å². The highest BCUT2D eigenvalue weighted by molar-refractivity contribution is 7.80. The SMILES string of the molecule is CNC(=S)N/N=C\c1cccnc1. The second-order valence-corrected chi connectivity index (χ2v) is 2.64. The van der Waals surface area contributed by atoms with Crippen molar-refractivity contribution in [2.45, 2.75) is 0 Å². The first-order valence-corrected chi connectivity index (χ1v) is 4.14. The van der Waals surface area contributed by atoms with Crippen molar-refractivity contribution in [2.24, 2.45) is 5.10 Å². The highest BCUT2D eigenvalue weighted by Crippen LogP contribution is 1.89. The van der Waals surface area contributed by atoms with Gasteiger partial charge in [-0.15, -0.1) is 0 Å². The molecule has 0 spiro atoms. The van der Waals surface area contributed by atoms with Crippen molar-refractivity contribution in [3.63, 3.8) is 0 Å². The summed E-state index contributed by atoms with van der Waals surface area (Å²) in [6, 6.07) is 3.75. The molecular weight excluding hydrogens is 184 g/mol. The highest BCUT2D eigenvalue weighted by atomic mass is 32.1.